The molecule has 0 saturated carbocycles. The van der Waals surface area contributed by atoms with Gasteiger partial charge in [-0.05, 0) is 66.2 Å². The first-order valence-corrected chi connectivity index (χ1v) is 10.7. The van der Waals surface area contributed by atoms with Gasteiger partial charge < -0.3 is 24.3 Å². The van der Waals surface area contributed by atoms with Crippen molar-refractivity contribution in [1.29, 1.82) is 0 Å². The Kier molecular flexibility index (Phi) is 6.50. The zero-order valence-corrected chi connectivity index (χ0v) is 18.6. The molecule has 4 rings (SSSR count). The van der Waals surface area contributed by atoms with Crippen LogP contribution in [0.1, 0.15) is 27.4 Å². The number of nitrogens with one attached hydrogen (secondary N) is 1. The molecule has 1 aliphatic rings. The molecule has 0 bridgehead atoms. The molecule has 1 saturated heterocycles. The highest BCUT2D eigenvalue weighted by Gasteiger charge is 2.24. The number of hydrogen-bond acceptors (Lipinski definition) is 7. The Morgan fingerprint density at radius 2 is 2.00 bits per heavy atom. The third-order valence-corrected chi connectivity index (χ3v) is 5.63. The summed E-state index contributed by atoms with van der Waals surface area (Å²) in [5.74, 6) is -0.221. The van der Waals surface area contributed by atoms with E-state index < -0.39 is 5.97 Å². The molecule has 0 unspecified atom stereocenters. The van der Waals surface area contributed by atoms with Crippen molar-refractivity contribution >= 4 is 40.6 Å². The summed E-state index contributed by atoms with van der Waals surface area (Å²) >= 11 is 1.26. The van der Waals surface area contributed by atoms with Crippen LogP contribution in [0, 0.1) is 6.92 Å². The van der Waals surface area contributed by atoms with Gasteiger partial charge in [-0.15, -0.1) is 0 Å². The fourth-order valence-electron chi connectivity index (χ4n) is 3.04. The van der Waals surface area contributed by atoms with Gasteiger partial charge in [0.05, 0.1) is 17.7 Å². The lowest BCUT2D eigenvalue weighted by atomic mass is 10.2. The Bertz CT molecular complexity index is 1280. The van der Waals surface area contributed by atoms with Gasteiger partial charge in [0.2, 0.25) is 5.76 Å². The van der Waals surface area contributed by atoms with E-state index in [0.717, 1.165) is 16.8 Å². The van der Waals surface area contributed by atoms with Gasteiger partial charge in [0.25, 0.3) is 5.91 Å². The van der Waals surface area contributed by atoms with E-state index in [0.29, 0.717) is 27.3 Å². The fraction of sp³-hybridized carbons (Fsp3) is 0.125. The maximum atomic E-state index is 12.4. The summed E-state index contributed by atoms with van der Waals surface area (Å²) in [6.07, 6.45) is 1.75. The van der Waals surface area contributed by atoms with E-state index in [1.165, 1.54) is 24.9 Å². The first-order chi connectivity index (χ1) is 15.9. The lowest BCUT2D eigenvalue weighted by molar-refractivity contribution is -0.115. The summed E-state index contributed by atoms with van der Waals surface area (Å²) in [4.78, 5) is 28.4. The molecule has 9 heteroatoms. The number of carbonyl (C=O) groups is 2. The number of carboxylic acid groups (broad SMARTS) is 1. The van der Waals surface area contributed by atoms with E-state index in [4.69, 9.17) is 19.0 Å². The number of rotatable bonds is 7. The van der Waals surface area contributed by atoms with Crippen LogP contribution in [0.5, 0.6) is 11.5 Å². The Labute approximate surface area is 193 Å². The normalized spacial score (nSPS) is 15.6. The van der Waals surface area contributed by atoms with Gasteiger partial charge in [-0.2, -0.15) is 0 Å². The van der Waals surface area contributed by atoms with E-state index in [1.54, 1.807) is 30.3 Å². The van der Waals surface area contributed by atoms with Crippen molar-refractivity contribution < 1.29 is 28.6 Å². The molecule has 1 amide bonds. The number of para-hydroxylation sites is 1. The quantitative estimate of drug-likeness (QED) is 0.485. The number of carboxylic acids is 1. The molecule has 1 aliphatic heterocycles. The number of methoxy groups -OCH3 is 1. The van der Waals surface area contributed by atoms with Crippen LogP contribution in [0.15, 0.2) is 68.9 Å². The van der Waals surface area contributed by atoms with Gasteiger partial charge in [0.15, 0.2) is 16.7 Å². The van der Waals surface area contributed by atoms with Gasteiger partial charge in [-0.3, -0.25) is 4.79 Å². The summed E-state index contributed by atoms with van der Waals surface area (Å²) in [5, 5.41) is 12.2. The molecular weight excluding hydrogens is 444 g/mol. The maximum absolute atomic E-state index is 12.4. The standard InChI is InChI=1S/C24H20N2O6S/c1-14-5-3-4-6-17(14)25-24-26-22(27)21(33-24)12-15-7-9-18(20(11-15)30-2)31-13-16-8-10-19(32-16)23(28)29/h3-12H,13H2,1-2H3,(H,28,29)(H,25,26,27)/b21-12-. The molecule has 0 radical (unpaired) electrons. The number of thioether (sulfide) groups is 1. The number of aliphatic imine (C=N–C) groups is 1. The molecule has 2 aromatic carbocycles. The Morgan fingerprint density at radius 1 is 1.18 bits per heavy atom. The second kappa shape index (κ2) is 9.66. The minimum atomic E-state index is -1.14. The van der Waals surface area contributed by atoms with E-state index in [1.807, 2.05) is 31.2 Å². The smallest absolute Gasteiger partial charge is 0.371 e. The number of aryl methyl sites for hydroxylation is 1. The molecule has 2 heterocycles. The molecular formula is C24H20N2O6S. The molecule has 0 spiro atoms. The zero-order valence-electron chi connectivity index (χ0n) is 17.8. The summed E-state index contributed by atoms with van der Waals surface area (Å²) < 4.78 is 16.3. The van der Waals surface area contributed by atoms with Crippen LogP contribution in [0.25, 0.3) is 6.08 Å². The van der Waals surface area contributed by atoms with Crippen LogP contribution in [-0.4, -0.2) is 29.3 Å². The molecule has 3 aromatic rings. The Morgan fingerprint density at radius 3 is 2.73 bits per heavy atom. The van der Waals surface area contributed by atoms with Crippen molar-refractivity contribution in [3.8, 4) is 11.5 Å². The van der Waals surface area contributed by atoms with Crippen LogP contribution in [0.2, 0.25) is 0 Å². The molecule has 168 valence electrons. The maximum Gasteiger partial charge on any atom is 0.371 e. The van der Waals surface area contributed by atoms with E-state index in [2.05, 4.69) is 10.3 Å². The van der Waals surface area contributed by atoms with E-state index in [9.17, 15) is 9.59 Å². The predicted molar refractivity (Wildman–Crippen MR) is 125 cm³/mol. The number of amides is 1. The number of aromatic carboxylic acids is 1. The van der Waals surface area contributed by atoms with Gasteiger partial charge in [0.1, 0.15) is 12.4 Å². The minimum absolute atomic E-state index is 0.0427. The largest absolute Gasteiger partial charge is 0.493 e. The van der Waals surface area contributed by atoms with Crippen LogP contribution in [0.3, 0.4) is 0 Å². The van der Waals surface area contributed by atoms with Crippen molar-refractivity contribution in [2.75, 3.05) is 7.11 Å². The fourth-order valence-corrected chi connectivity index (χ4v) is 3.88. The summed E-state index contributed by atoms with van der Waals surface area (Å²) in [7, 11) is 1.51. The van der Waals surface area contributed by atoms with Gasteiger partial charge in [-0.25, -0.2) is 9.79 Å². The molecule has 1 aromatic heterocycles. The first-order valence-electron chi connectivity index (χ1n) is 9.91. The summed E-state index contributed by atoms with van der Waals surface area (Å²) in [6.45, 7) is 2.01. The van der Waals surface area contributed by atoms with E-state index in [-0.39, 0.29) is 18.3 Å². The van der Waals surface area contributed by atoms with Crippen molar-refractivity contribution in [1.82, 2.24) is 5.32 Å². The third kappa shape index (κ3) is 5.27. The second-order valence-corrected chi connectivity index (χ2v) is 8.07. The van der Waals surface area contributed by atoms with Crippen molar-refractivity contribution in [3.63, 3.8) is 0 Å². The highest BCUT2D eigenvalue weighted by molar-refractivity contribution is 8.18. The predicted octanol–water partition coefficient (Wildman–Crippen LogP) is 4.77. The number of benzene rings is 2. The number of furan rings is 1. The zero-order chi connectivity index (χ0) is 23.4. The number of nitrogens with zero attached hydrogens (tertiary/aromatic N) is 1. The number of ether oxygens (including phenoxy) is 2. The topological polar surface area (TPSA) is 110 Å². The lowest BCUT2D eigenvalue weighted by Crippen LogP contribution is -2.19. The highest BCUT2D eigenvalue weighted by atomic mass is 32.2. The van der Waals surface area contributed by atoms with Gasteiger partial charge in [-0.1, -0.05) is 24.3 Å². The average molecular weight is 464 g/mol. The summed E-state index contributed by atoms with van der Waals surface area (Å²) in [5.41, 5.74) is 2.57. The monoisotopic (exact) mass is 464 g/mol. The van der Waals surface area contributed by atoms with Crippen LogP contribution in [0.4, 0.5) is 5.69 Å². The highest BCUT2D eigenvalue weighted by Crippen LogP contribution is 2.33. The SMILES string of the molecule is COc1cc(/C=C2\SC(=Nc3ccccc3C)NC2=O)ccc1OCc1ccc(C(=O)O)o1. The van der Waals surface area contributed by atoms with Crippen LogP contribution >= 0.6 is 11.8 Å². The lowest BCUT2D eigenvalue weighted by Gasteiger charge is -2.10. The second-order valence-electron chi connectivity index (χ2n) is 7.04. The van der Waals surface area contributed by atoms with Gasteiger partial charge >= 0.3 is 5.97 Å². The third-order valence-electron chi connectivity index (χ3n) is 4.72. The number of carbonyl (C=O) groups excluding carboxylic acids is 1. The molecule has 0 atom stereocenters. The first kappa shape index (κ1) is 22.2. The summed E-state index contributed by atoms with van der Waals surface area (Å²) in [6, 6.07) is 15.9. The Balaban J connectivity index is 1.48. The van der Waals surface area contributed by atoms with Gasteiger partial charge in [0, 0.05) is 0 Å². The van der Waals surface area contributed by atoms with Crippen molar-refractivity contribution in [2.45, 2.75) is 13.5 Å². The molecule has 8 nitrogen and oxygen atoms in total. The van der Waals surface area contributed by atoms with Crippen LogP contribution < -0.4 is 14.8 Å². The Hall–Kier alpha value is -3.98. The van der Waals surface area contributed by atoms with Crippen molar-refractivity contribution in [3.05, 3.63) is 82.1 Å². The molecule has 0 aliphatic carbocycles. The minimum Gasteiger partial charge on any atom is -0.493 e. The average Bonchev–Trinajstić information content (AvgIpc) is 3.41. The van der Waals surface area contributed by atoms with E-state index >= 15 is 0 Å². The number of hydrogen-bond donors (Lipinski definition) is 2. The molecule has 33 heavy (non-hydrogen) atoms. The molecule has 2 N–H and O–H groups in total. The number of amidine groups is 1. The molecule has 1 fully saturated rings. The van der Waals surface area contributed by atoms with Crippen molar-refractivity contribution in [2.24, 2.45) is 4.99 Å². The van der Waals surface area contributed by atoms with Crippen LogP contribution in [-0.2, 0) is 11.4 Å².